The van der Waals surface area contributed by atoms with Crippen LogP contribution in [0.4, 0.5) is 0 Å². The maximum Gasteiger partial charge on any atom is 0.107 e. The second-order valence-corrected chi connectivity index (χ2v) is 3.94. The number of hydrogen-bond donors (Lipinski definition) is 1. The number of ether oxygens (including phenoxy) is 1. The highest BCUT2D eigenvalue weighted by Crippen LogP contribution is 2.23. The summed E-state index contributed by atoms with van der Waals surface area (Å²) in [7, 11) is 0. The summed E-state index contributed by atoms with van der Waals surface area (Å²) in [6, 6.07) is 0. The fourth-order valence-corrected chi connectivity index (χ4v) is 1.94. The average molecular weight is 201 g/mol. The zero-order chi connectivity index (χ0) is 9.10. The van der Waals surface area contributed by atoms with E-state index in [0.29, 0.717) is 5.92 Å². The molecule has 0 spiro atoms. The highest BCUT2D eigenvalue weighted by Gasteiger charge is 2.24. The molecule has 1 aliphatic heterocycles. The van der Waals surface area contributed by atoms with E-state index in [0.717, 1.165) is 31.9 Å². The van der Waals surface area contributed by atoms with E-state index in [9.17, 15) is 0 Å². The van der Waals surface area contributed by atoms with Crippen LogP contribution in [0.15, 0.2) is 12.4 Å². The first-order valence-electron chi connectivity index (χ1n) is 4.56. The molecular weight excluding hydrogens is 188 g/mol. The number of rotatable bonds is 3. The van der Waals surface area contributed by atoms with Crippen LogP contribution < -0.4 is 0 Å². The Kier molecular flexibility index (Phi) is 2.86. The van der Waals surface area contributed by atoms with Crippen molar-refractivity contribution in [3.63, 3.8) is 0 Å². The molecule has 1 aromatic rings. The van der Waals surface area contributed by atoms with Crippen molar-refractivity contribution in [1.29, 1.82) is 0 Å². The molecule has 1 N–H and O–H groups in total. The molecule has 1 aliphatic rings. The van der Waals surface area contributed by atoms with E-state index in [2.05, 4.69) is 9.97 Å². The minimum atomic E-state index is 0.147. The molecule has 0 aromatic carbocycles. The lowest BCUT2D eigenvalue weighted by Crippen LogP contribution is -2.18. The Hall–Kier alpha value is -0.540. The van der Waals surface area contributed by atoms with Gasteiger partial charge in [0.1, 0.15) is 5.82 Å². The number of alkyl halides is 1. The number of nitrogens with zero attached hydrogens (tertiary/aromatic N) is 1. The first-order valence-corrected chi connectivity index (χ1v) is 5.00. The normalized spacial score (nSPS) is 24.8. The topological polar surface area (TPSA) is 37.9 Å². The number of hydrogen-bond acceptors (Lipinski definition) is 2. The Morgan fingerprint density at radius 1 is 1.77 bits per heavy atom. The van der Waals surface area contributed by atoms with Crippen molar-refractivity contribution in [2.75, 3.05) is 13.2 Å². The van der Waals surface area contributed by atoms with Crippen LogP contribution in [0.25, 0.3) is 0 Å². The van der Waals surface area contributed by atoms with E-state index >= 15 is 0 Å². The number of aromatic nitrogens is 2. The minimum Gasteiger partial charge on any atom is -0.381 e. The van der Waals surface area contributed by atoms with Gasteiger partial charge in [-0.2, -0.15) is 0 Å². The van der Waals surface area contributed by atoms with Gasteiger partial charge in [0.2, 0.25) is 0 Å². The van der Waals surface area contributed by atoms with Crippen LogP contribution in [0.5, 0.6) is 0 Å². The molecule has 4 heteroatoms. The maximum atomic E-state index is 6.24. The number of aromatic amines is 1. The Labute approximate surface area is 82.5 Å². The first kappa shape index (κ1) is 9.03. The van der Waals surface area contributed by atoms with Crippen LogP contribution >= 0.6 is 11.6 Å². The third kappa shape index (κ3) is 2.23. The van der Waals surface area contributed by atoms with Crippen LogP contribution in [0.2, 0.25) is 0 Å². The lowest BCUT2D eigenvalue weighted by molar-refractivity contribution is 0.185. The molecule has 2 atom stereocenters. The van der Waals surface area contributed by atoms with Crippen LogP contribution in [0.1, 0.15) is 12.2 Å². The van der Waals surface area contributed by atoms with Gasteiger partial charge >= 0.3 is 0 Å². The molecule has 1 aromatic heterocycles. The van der Waals surface area contributed by atoms with Gasteiger partial charge in [0.15, 0.2) is 0 Å². The minimum absolute atomic E-state index is 0.147. The van der Waals surface area contributed by atoms with E-state index in [4.69, 9.17) is 16.3 Å². The predicted octanol–water partition coefficient (Wildman–Crippen LogP) is 1.60. The summed E-state index contributed by atoms with van der Waals surface area (Å²) in [5.74, 6) is 1.46. The molecule has 72 valence electrons. The van der Waals surface area contributed by atoms with Crippen molar-refractivity contribution < 1.29 is 4.74 Å². The van der Waals surface area contributed by atoms with Crippen molar-refractivity contribution >= 4 is 11.6 Å². The fourth-order valence-electron chi connectivity index (χ4n) is 1.60. The molecule has 0 bridgehead atoms. The summed E-state index contributed by atoms with van der Waals surface area (Å²) >= 11 is 6.24. The molecule has 0 saturated carbocycles. The van der Waals surface area contributed by atoms with Gasteiger partial charge in [-0.05, 0) is 6.42 Å². The second-order valence-electron chi connectivity index (χ2n) is 3.38. The van der Waals surface area contributed by atoms with Crippen molar-refractivity contribution in [3.8, 4) is 0 Å². The van der Waals surface area contributed by atoms with Crippen LogP contribution in [-0.4, -0.2) is 28.6 Å². The number of imidazole rings is 1. The zero-order valence-electron chi connectivity index (χ0n) is 7.37. The summed E-state index contributed by atoms with van der Waals surface area (Å²) in [5, 5.41) is 0.147. The standard InChI is InChI=1S/C9H13ClN2O/c10-8(7-1-4-13-6-7)5-9-11-2-3-12-9/h2-3,7-8H,1,4-6H2,(H,11,12). The zero-order valence-corrected chi connectivity index (χ0v) is 8.13. The highest BCUT2D eigenvalue weighted by molar-refractivity contribution is 6.20. The smallest absolute Gasteiger partial charge is 0.107 e. The van der Waals surface area contributed by atoms with Crippen LogP contribution in [0, 0.1) is 5.92 Å². The van der Waals surface area contributed by atoms with E-state index in [1.54, 1.807) is 6.20 Å². The maximum absolute atomic E-state index is 6.24. The van der Waals surface area contributed by atoms with Crippen LogP contribution in [-0.2, 0) is 11.2 Å². The summed E-state index contributed by atoms with van der Waals surface area (Å²) in [5.41, 5.74) is 0. The molecule has 0 radical (unpaired) electrons. The quantitative estimate of drug-likeness (QED) is 0.753. The monoisotopic (exact) mass is 200 g/mol. The first-order chi connectivity index (χ1) is 6.36. The Bertz CT molecular complexity index is 244. The molecule has 0 aliphatic carbocycles. The molecule has 1 saturated heterocycles. The van der Waals surface area contributed by atoms with E-state index in [1.807, 2.05) is 6.20 Å². The van der Waals surface area contributed by atoms with Gasteiger partial charge in [-0.3, -0.25) is 0 Å². The molecule has 13 heavy (non-hydrogen) atoms. The number of H-pyrrole nitrogens is 1. The largest absolute Gasteiger partial charge is 0.381 e. The van der Waals surface area contributed by atoms with Gasteiger partial charge in [0, 0.05) is 36.7 Å². The van der Waals surface area contributed by atoms with Crippen molar-refractivity contribution in [2.45, 2.75) is 18.2 Å². The van der Waals surface area contributed by atoms with Gasteiger partial charge in [-0.1, -0.05) is 0 Å². The lowest BCUT2D eigenvalue weighted by Gasteiger charge is -2.13. The van der Waals surface area contributed by atoms with E-state index in [-0.39, 0.29) is 5.38 Å². The Morgan fingerprint density at radius 3 is 3.31 bits per heavy atom. The van der Waals surface area contributed by atoms with Gasteiger partial charge < -0.3 is 9.72 Å². The molecule has 1 fully saturated rings. The van der Waals surface area contributed by atoms with Gasteiger partial charge in [-0.25, -0.2) is 4.98 Å². The van der Waals surface area contributed by atoms with Gasteiger partial charge in [0.25, 0.3) is 0 Å². The summed E-state index contributed by atoms with van der Waals surface area (Å²) in [6.07, 6.45) is 5.46. The SMILES string of the molecule is ClC(Cc1ncc[nH]1)C1CCOC1. The molecule has 2 heterocycles. The lowest BCUT2D eigenvalue weighted by atomic mass is 10.0. The second kappa shape index (κ2) is 4.11. The Morgan fingerprint density at radius 2 is 2.69 bits per heavy atom. The van der Waals surface area contributed by atoms with Gasteiger partial charge in [0.05, 0.1) is 6.61 Å². The van der Waals surface area contributed by atoms with Crippen molar-refractivity contribution in [2.24, 2.45) is 5.92 Å². The average Bonchev–Trinajstić information content (AvgIpc) is 2.74. The van der Waals surface area contributed by atoms with E-state index in [1.165, 1.54) is 0 Å². The predicted molar refractivity (Wildman–Crippen MR) is 50.9 cm³/mol. The highest BCUT2D eigenvalue weighted by atomic mass is 35.5. The van der Waals surface area contributed by atoms with Crippen molar-refractivity contribution in [1.82, 2.24) is 9.97 Å². The fraction of sp³-hybridized carbons (Fsp3) is 0.667. The summed E-state index contributed by atoms with van der Waals surface area (Å²) in [4.78, 5) is 7.20. The third-order valence-electron chi connectivity index (χ3n) is 2.42. The van der Waals surface area contributed by atoms with E-state index < -0.39 is 0 Å². The molecule has 0 amide bonds. The summed E-state index contributed by atoms with van der Waals surface area (Å²) < 4.78 is 5.28. The molecule has 2 rings (SSSR count). The van der Waals surface area contributed by atoms with Crippen LogP contribution in [0.3, 0.4) is 0 Å². The molecular formula is C9H13ClN2O. The molecule has 3 nitrogen and oxygen atoms in total. The number of halogens is 1. The number of nitrogens with one attached hydrogen (secondary N) is 1. The van der Waals surface area contributed by atoms with Gasteiger partial charge in [-0.15, -0.1) is 11.6 Å². The molecule has 2 unspecified atom stereocenters. The Balaban J connectivity index is 1.87. The van der Waals surface area contributed by atoms with Crippen molar-refractivity contribution in [3.05, 3.63) is 18.2 Å². The summed E-state index contributed by atoms with van der Waals surface area (Å²) in [6.45, 7) is 1.65. The third-order valence-corrected chi connectivity index (χ3v) is 2.93.